The van der Waals surface area contributed by atoms with Crippen LogP contribution in [0.4, 0.5) is 0 Å². The molecule has 1 aromatic carbocycles. The zero-order valence-corrected chi connectivity index (χ0v) is 11.4. The summed E-state index contributed by atoms with van der Waals surface area (Å²) in [5.41, 5.74) is -0.122. The Labute approximate surface area is 115 Å². The highest BCUT2D eigenvalue weighted by Gasteiger charge is 2.22. The molecule has 0 spiro atoms. The zero-order chi connectivity index (χ0) is 14.0. The highest BCUT2D eigenvalue weighted by atomic mass is 35.5. The fraction of sp³-hybridized carbons (Fsp3) is 0.250. The third-order valence-corrected chi connectivity index (χ3v) is 4.64. The number of benzene rings is 1. The van der Waals surface area contributed by atoms with Gasteiger partial charge < -0.3 is 5.11 Å². The maximum Gasteiger partial charge on any atom is 0.337 e. The molecule has 102 valence electrons. The average molecular weight is 302 g/mol. The zero-order valence-electron chi connectivity index (χ0n) is 9.84. The summed E-state index contributed by atoms with van der Waals surface area (Å²) in [5.74, 6) is -1.19. The predicted molar refractivity (Wildman–Crippen MR) is 70.9 cm³/mol. The van der Waals surface area contributed by atoms with Crippen molar-refractivity contribution in [3.63, 3.8) is 0 Å². The minimum Gasteiger partial charge on any atom is -0.478 e. The molecular formula is C12H12ClNO4S. The van der Waals surface area contributed by atoms with E-state index in [-0.39, 0.29) is 21.5 Å². The summed E-state index contributed by atoms with van der Waals surface area (Å²) < 4.78 is 26.7. The van der Waals surface area contributed by atoms with Gasteiger partial charge in [0.15, 0.2) is 0 Å². The Morgan fingerprint density at radius 3 is 2.47 bits per heavy atom. The van der Waals surface area contributed by atoms with Gasteiger partial charge in [0.1, 0.15) is 0 Å². The molecule has 19 heavy (non-hydrogen) atoms. The molecule has 0 atom stereocenters. The van der Waals surface area contributed by atoms with Gasteiger partial charge in [-0.1, -0.05) is 23.8 Å². The molecule has 1 aliphatic rings. The van der Waals surface area contributed by atoms with Crippen molar-refractivity contribution in [3.8, 4) is 0 Å². The third-order valence-electron chi connectivity index (χ3n) is 2.81. The lowest BCUT2D eigenvalue weighted by atomic mass is 10.2. The second-order valence-corrected chi connectivity index (χ2v) is 6.33. The number of hydrogen-bond donors (Lipinski definition) is 2. The molecule has 0 saturated carbocycles. The lowest BCUT2D eigenvalue weighted by Crippen LogP contribution is -2.32. The van der Waals surface area contributed by atoms with E-state index >= 15 is 0 Å². The number of hydrogen-bond acceptors (Lipinski definition) is 3. The lowest BCUT2D eigenvalue weighted by molar-refractivity contribution is 0.0697. The van der Waals surface area contributed by atoms with E-state index in [4.69, 9.17) is 16.7 Å². The lowest BCUT2D eigenvalue weighted by Gasteiger charge is -2.13. The number of halogens is 1. The van der Waals surface area contributed by atoms with E-state index in [0.717, 1.165) is 6.07 Å². The standard InChI is InChI=1S/C12H12ClNO4S/c13-11-7-9(5-6-10(11)12(15)16)19(17,18)14-8-3-1-2-4-8/h1-2,5-8,14H,3-4H2,(H,15,16). The molecule has 7 heteroatoms. The van der Waals surface area contributed by atoms with Gasteiger partial charge in [0.2, 0.25) is 10.0 Å². The van der Waals surface area contributed by atoms with Gasteiger partial charge in [0.05, 0.1) is 15.5 Å². The molecule has 2 N–H and O–H groups in total. The summed E-state index contributed by atoms with van der Waals surface area (Å²) in [4.78, 5) is 10.8. The Bertz CT molecular complexity index is 631. The number of sulfonamides is 1. The number of aromatic carboxylic acids is 1. The molecule has 0 fully saturated rings. The maximum atomic E-state index is 12.1. The SMILES string of the molecule is O=C(O)c1ccc(S(=O)(=O)NC2CC=CC2)cc1Cl. The summed E-state index contributed by atoms with van der Waals surface area (Å²) in [6.45, 7) is 0. The quantitative estimate of drug-likeness (QED) is 0.834. The van der Waals surface area contributed by atoms with Crippen molar-refractivity contribution in [2.75, 3.05) is 0 Å². The second kappa shape index (κ2) is 5.32. The van der Waals surface area contributed by atoms with Crippen molar-refractivity contribution in [2.24, 2.45) is 0 Å². The highest BCUT2D eigenvalue weighted by Crippen LogP contribution is 2.22. The van der Waals surface area contributed by atoms with Crippen LogP contribution in [0.2, 0.25) is 5.02 Å². The maximum absolute atomic E-state index is 12.1. The first-order valence-corrected chi connectivity index (χ1v) is 7.46. The monoisotopic (exact) mass is 301 g/mol. The number of nitrogens with one attached hydrogen (secondary N) is 1. The fourth-order valence-electron chi connectivity index (χ4n) is 1.84. The van der Waals surface area contributed by atoms with E-state index in [9.17, 15) is 13.2 Å². The molecule has 0 unspecified atom stereocenters. The van der Waals surface area contributed by atoms with E-state index in [1.165, 1.54) is 12.1 Å². The summed E-state index contributed by atoms with van der Waals surface area (Å²) in [6.07, 6.45) is 5.13. The molecule has 0 heterocycles. The number of carboxylic acids is 1. The van der Waals surface area contributed by atoms with Crippen LogP contribution in [0.3, 0.4) is 0 Å². The molecule has 0 saturated heterocycles. The Hall–Kier alpha value is -1.37. The van der Waals surface area contributed by atoms with Crippen molar-refractivity contribution in [1.29, 1.82) is 0 Å². The fourth-order valence-corrected chi connectivity index (χ4v) is 3.45. The first kappa shape index (κ1) is 14.0. The molecule has 1 aliphatic carbocycles. The van der Waals surface area contributed by atoms with Crippen molar-refractivity contribution in [1.82, 2.24) is 4.72 Å². The van der Waals surface area contributed by atoms with Crippen LogP contribution in [0.1, 0.15) is 23.2 Å². The van der Waals surface area contributed by atoms with Crippen molar-refractivity contribution in [3.05, 3.63) is 40.9 Å². The van der Waals surface area contributed by atoms with Gasteiger partial charge in [-0.05, 0) is 31.0 Å². The van der Waals surface area contributed by atoms with Gasteiger partial charge in [-0.3, -0.25) is 0 Å². The molecule has 0 radical (unpaired) electrons. The van der Waals surface area contributed by atoms with Crippen LogP contribution in [-0.2, 0) is 10.0 Å². The van der Waals surface area contributed by atoms with Gasteiger partial charge in [-0.25, -0.2) is 17.9 Å². The minimum atomic E-state index is -3.68. The van der Waals surface area contributed by atoms with E-state index in [1.807, 2.05) is 12.2 Å². The van der Waals surface area contributed by atoms with Crippen LogP contribution in [0, 0.1) is 0 Å². The van der Waals surface area contributed by atoms with Gasteiger partial charge in [-0.2, -0.15) is 0 Å². The number of rotatable bonds is 4. The summed E-state index contributed by atoms with van der Waals surface area (Å²) in [7, 11) is -3.68. The topological polar surface area (TPSA) is 83.5 Å². The Kier molecular flexibility index (Phi) is 3.93. The molecule has 0 bridgehead atoms. The molecule has 0 amide bonds. The molecular weight excluding hydrogens is 290 g/mol. The smallest absolute Gasteiger partial charge is 0.337 e. The van der Waals surface area contributed by atoms with Crippen molar-refractivity contribution < 1.29 is 18.3 Å². The van der Waals surface area contributed by atoms with E-state index in [2.05, 4.69) is 4.72 Å². The first-order chi connectivity index (χ1) is 8.90. The molecule has 0 aliphatic heterocycles. The van der Waals surface area contributed by atoms with Crippen LogP contribution in [0.15, 0.2) is 35.2 Å². The van der Waals surface area contributed by atoms with Gasteiger partial charge in [0, 0.05) is 6.04 Å². The van der Waals surface area contributed by atoms with Crippen LogP contribution < -0.4 is 4.72 Å². The second-order valence-electron chi connectivity index (χ2n) is 4.21. The molecule has 5 nitrogen and oxygen atoms in total. The molecule has 0 aromatic heterocycles. The van der Waals surface area contributed by atoms with Gasteiger partial charge in [0.25, 0.3) is 0 Å². The first-order valence-electron chi connectivity index (χ1n) is 5.60. The van der Waals surface area contributed by atoms with Crippen molar-refractivity contribution in [2.45, 2.75) is 23.8 Å². The summed E-state index contributed by atoms with van der Waals surface area (Å²) in [5, 5.41) is 8.73. The van der Waals surface area contributed by atoms with Gasteiger partial charge >= 0.3 is 5.97 Å². The highest BCUT2D eigenvalue weighted by molar-refractivity contribution is 7.89. The summed E-state index contributed by atoms with van der Waals surface area (Å²) in [6, 6.07) is 3.42. The van der Waals surface area contributed by atoms with E-state index < -0.39 is 16.0 Å². The Morgan fingerprint density at radius 2 is 1.95 bits per heavy atom. The summed E-state index contributed by atoms with van der Waals surface area (Å²) >= 11 is 5.76. The van der Waals surface area contributed by atoms with Crippen LogP contribution >= 0.6 is 11.6 Å². The number of carboxylic acid groups (broad SMARTS) is 1. The minimum absolute atomic E-state index is 0.0330. The van der Waals surface area contributed by atoms with Crippen LogP contribution in [0.25, 0.3) is 0 Å². The third kappa shape index (κ3) is 3.15. The van der Waals surface area contributed by atoms with E-state index in [0.29, 0.717) is 12.8 Å². The predicted octanol–water partition coefficient (Wildman–Crippen LogP) is 2.04. The van der Waals surface area contributed by atoms with Crippen LogP contribution in [0.5, 0.6) is 0 Å². The molecule has 1 aromatic rings. The van der Waals surface area contributed by atoms with Crippen molar-refractivity contribution >= 4 is 27.6 Å². The molecule has 2 rings (SSSR count). The van der Waals surface area contributed by atoms with Gasteiger partial charge in [-0.15, -0.1) is 0 Å². The Morgan fingerprint density at radius 1 is 1.32 bits per heavy atom. The average Bonchev–Trinajstić information content (AvgIpc) is 2.80. The number of carbonyl (C=O) groups is 1. The van der Waals surface area contributed by atoms with E-state index in [1.54, 1.807) is 0 Å². The van der Waals surface area contributed by atoms with Crippen LogP contribution in [-0.4, -0.2) is 25.5 Å². The largest absolute Gasteiger partial charge is 0.478 e. The normalized spacial score (nSPS) is 15.8. The Balaban J connectivity index is 2.25.